The normalized spacial score (nSPS) is 29.7. The van der Waals surface area contributed by atoms with E-state index in [1.165, 1.54) is 38.5 Å². The van der Waals surface area contributed by atoms with E-state index in [0.717, 1.165) is 5.92 Å². The van der Waals surface area contributed by atoms with Crippen LogP contribution in [-0.4, -0.2) is 11.7 Å². The Morgan fingerprint density at radius 2 is 2.00 bits per heavy atom. The predicted octanol–water partition coefficient (Wildman–Crippen LogP) is 1.95. The lowest BCUT2D eigenvalue weighted by Gasteiger charge is -2.28. The van der Waals surface area contributed by atoms with Crippen LogP contribution in [0.15, 0.2) is 0 Å². The highest BCUT2D eigenvalue weighted by atomic mass is 16.3. The molecule has 1 N–H and O–H groups in total. The molecule has 0 atom stereocenters. The molecule has 0 aromatic carbocycles. The van der Waals surface area contributed by atoms with Gasteiger partial charge in [0.05, 0.1) is 0 Å². The zero-order valence-corrected chi connectivity index (χ0v) is 6.47. The summed E-state index contributed by atoms with van der Waals surface area (Å²) in [4.78, 5) is 0. The Hall–Kier alpha value is -0.0400. The van der Waals surface area contributed by atoms with Crippen LogP contribution in [0.3, 0.4) is 0 Å². The van der Waals surface area contributed by atoms with E-state index < -0.39 is 0 Å². The van der Waals surface area contributed by atoms with Crippen LogP contribution in [0.1, 0.15) is 38.5 Å². The topological polar surface area (TPSA) is 20.2 Å². The van der Waals surface area contributed by atoms with Crippen molar-refractivity contribution in [3.8, 4) is 0 Å². The summed E-state index contributed by atoms with van der Waals surface area (Å²) in [6.07, 6.45) is 8.21. The summed E-state index contributed by atoms with van der Waals surface area (Å²) in [6.45, 7) is 0.448. The maximum Gasteiger partial charge on any atom is 0.0487 e. The van der Waals surface area contributed by atoms with Crippen LogP contribution in [-0.2, 0) is 0 Å². The molecule has 0 radical (unpaired) electrons. The van der Waals surface area contributed by atoms with Gasteiger partial charge in [0.2, 0.25) is 0 Å². The van der Waals surface area contributed by atoms with Crippen LogP contribution in [0.25, 0.3) is 0 Å². The van der Waals surface area contributed by atoms with E-state index in [4.69, 9.17) is 5.11 Å². The number of rotatable bonds is 3. The van der Waals surface area contributed by atoms with Crippen molar-refractivity contribution in [1.29, 1.82) is 0 Å². The average molecular weight is 140 g/mol. The average Bonchev–Trinajstić information content (AvgIpc) is 2.60. The molecular weight excluding hydrogens is 124 g/mol. The van der Waals surface area contributed by atoms with Gasteiger partial charge in [-0.05, 0) is 30.6 Å². The van der Waals surface area contributed by atoms with Crippen molar-refractivity contribution in [2.45, 2.75) is 38.5 Å². The molecule has 2 aliphatic carbocycles. The van der Waals surface area contributed by atoms with E-state index in [1.807, 2.05) is 0 Å². The van der Waals surface area contributed by atoms with Crippen LogP contribution in [0.5, 0.6) is 0 Å². The highest BCUT2D eigenvalue weighted by molar-refractivity contribution is 4.95. The van der Waals surface area contributed by atoms with Crippen molar-refractivity contribution in [3.05, 3.63) is 0 Å². The molecule has 2 saturated carbocycles. The Kier molecular flexibility index (Phi) is 1.48. The number of hydrogen-bond donors (Lipinski definition) is 1. The Labute approximate surface area is 62.4 Å². The molecule has 2 aliphatic rings. The highest BCUT2D eigenvalue weighted by Gasteiger charge is 2.44. The summed E-state index contributed by atoms with van der Waals surface area (Å²) in [5, 5.41) is 9.03. The largest absolute Gasteiger partial charge is 0.396 e. The van der Waals surface area contributed by atoms with Gasteiger partial charge in [0.25, 0.3) is 0 Å². The monoisotopic (exact) mass is 140 g/mol. The van der Waals surface area contributed by atoms with Crippen molar-refractivity contribution < 1.29 is 5.11 Å². The fourth-order valence-corrected chi connectivity index (χ4v) is 1.91. The van der Waals surface area contributed by atoms with Gasteiger partial charge < -0.3 is 5.11 Å². The SMILES string of the molecule is OCC1(CC2CCC2)CC1. The van der Waals surface area contributed by atoms with Gasteiger partial charge in [0.1, 0.15) is 0 Å². The molecule has 0 aromatic rings. The molecule has 0 amide bonds. The Morgan fingerprint density at radius 1 is 1.30 bits per heavy atom. The molecule has 10 heavy (non-hydrogen) atoms. The van der Waals surface area contributed by atoms with Gasteiger partial charge in [-0.3, -0.25) is 0 Å². The molecule has 0 unspecified atom stereocenters. The van der Waals surface area contributed by atoms with Gasteiger partial charge in [-0.15, -0.1) is 0 Å². The zero-order chi connectivity index (χ0) is 7.03. The molecule has 0 bridgehead atoms. The van der Waals surface area contributed by atoms with E-state index in [9.17, 15) is 0 Å². The van der Waals surface area contributed by atoms with Crippen molar-refractivity contribution in [2.24, 2.45) is 11.3 Å². The second-order valence-corrected chi connectivity index (χ2v) is 4.16. The standard InChI is InChI=1S/C9H16O/c10-7-9(4-5-9)6-8-2-1-3-8/h8,10H,1-7H2. The third-order valence-corrected chi connectivity index (χ3v) is 3.24. The third-order valence-electron chi connectivity index (χ3n) is 3.24. The van der Waals surface area contributed by atoms with Crippen LogP contribution < -0.4 is 0 Å². The molecule has 1 nitrogen and oxygen atoms in total. The molecule has 0 saturated heterocycles. The minimum absolute atomic E-state index is 0.422. The molecule has 2 fully saturated rings. The van der Waals surface area contributed by atoms with E-state index >= 15 is 0 Å². The third kappa shape index (κ3) is 1.07. The lowest BCUT2D eigenvalue weighted by atomic mass is 9.78. The second kappa shape index (κ2) is 2.23. The molecule has 58 valence electrons. The molecule has 0 aliphatic heterocycles. The smallest absolute Gasteiger partial charge is 0.0487 e. The zero-order valence-electron chi connectivity index (χ0n) is 6.47. The number of hydrogen-bond acceptors (Lipinski definition) is 1. The van der Waals surface area contributed by atoms with Gasteiger partial charge >= 0.3 is 0 Å². The van der Waals surface area contributed by atoms with Gasteiger partial charge in [-0.2, -0.15) is 0 Å². The summed E-state index contributed by atoms with van der Waals surface area (Å²) in [5.74, 6) is 0.981. The first-order valence-electron chi connectivity index (χ1n) is 4.46. The van der Waals surface area contributed by atoms with E-state index in [-0.39, 0.29) is 0 Å². The summed E-state index contributed by atoms with van der Waals surface area (Å²) >= 11 is 0. The van der Waals surface area contributed by atoms with Gasteiger partial charge in [0.15, 0.2) is 0 Å². The second-order valence-electron chi connectivity index (χ2n) is 4.16. The maximum atomic E-state index is 9.03. The molecule has 0 heterocycles. The minimum Gasteiger partial charge on any atom is -0.396 e. The summed E-state index contributed by atoms with van der Waals surface area (Å²) in [6, 6.07) is 0. The Balaban J connectivity index is 1.77. The fourth-order valence-electron chi connectivity index (χ4n) is 1.91. The summed E-state index contributed by atoms with van der Waals surface area (Å²) in [7, 11) is 0. The Morgan fingerprint density at radius 3 is 2.30 bits per heavy atom. The first-order chi connectivity index (χ1) is 4.85. The van der Waals surface area contributed by atoms with E-state index in [1.54, 1.807) is 0 Å². The lowest BCUT2D eigenvalue weighted by Crippen LogP contribution is -2.18. The van der Waals surface area contributed by atoms with Crippen LogP contribution in [0.2, 0.25) is 0 Å². The van der Waals surface area contributed by atoms with Crippen LogP contribution in [0, 0.1) is 11.3 Å². The van der Waals surface area contributed by atoms with Crippen molar-refractivity contribution >= 4 is 0 Å². The first kappa shape index (κ1) is 6.66. The predicted molar refractivity (Wildman–Crippen MR) is 40.7 cm³/mol. The van der Waals surface area contributed by atoms with Gasteiger partial charge in [-0.1, -0.05) is 19.3 Å². The van der Waals surface area contributed by atoms with Crippen molar-refractivity contribution in [1.82, 2.24) is 0 Å². The van der Waals surface area contributed by atoms with Crippen LogP contribution in [0.4, 0.5) is 0 Å². The molecule has 0 aromatic heterocycles. The van der Waals surface area contributed by atoms with Gasteiger partial charge in [0, 0.05) is 6.61 Å². The fraction of sp³-hybridized carbons (Fsp3) is 1.00. The quantitative estimate of drug-likeness (QED) is 0.635. The van der Waals surface area contributed by atoms with Crippen LogP contribution >= 0.6 is 0 Å². The van der Waals surface area contributed by atoms with E-state index in [2.05, 4.69) is 0 Å². The van der Waals surface area contributed by atoms with E-state index in [0.29, 0.717) is 12.0 Å². The minimum atomic E-state index is 0.422. The molecular formula is C9H16O. The highest BCUT2D eigenvalue weighted by Crippen LogP contribution is 2.52. The van der Waals surface area contributed by atoms with Crippen molar-refractivity contribution in [2.75, 3.05) is 6.61 Å². The Bertz CT molecular complexity index is 123. The molecule has 2 rings (SSSR count). The summed E-state index contributed by atoms with van der Waals surface area (Å²) < 4.78 is 0. The number of aliphatic hydroxyl groups is 1. The molecule has 1 heteroatoms. The van der Waals surface area contributed by atoms with Crippen molar-refractivity contribution in [3.63, 3.8) is 0 Å². The number of aliphatic hydroxyl groups excluding tert-OH is 1. The van der Waals surface area contributed by atoms with Gasteiger partial charge in [-0.25, -0.2) is 0 Å². The first-order valence-corrected chi connectivity index (χ1v) is 4.46. The maximum absolute atomic E-state index is 9.03. The summed E-state index contributed by atoms with van der Waals surface area (Å²) in [5.41, 5.74) is 0.422. The lowest BCUT2D eigenvalue weighted by molar-refractivity contribution is 0.155. The molecule has 0 spiro atoms.